The molecule has 0 aromatic heterocycles. The molecule has 0 bridgehead atoms. The molecule has 0 aliphatic carbocycles. The van der Waals surface area contributed by atoms with E-state index in [1.54, 1.807) is 31.2 Å². The summed E-state index contributed by atoms with van der Waals surface area (Å²) in [6.45, 7) is 3.80. The number of hydrogen-bond donors (Lipinski definition) is 1. The predicted molar refractivity (Wildman–Crippen MR) is 134 cm³/mol. The number of methoxy groups -OCH3 is 1. The van der Waals surface area contributed by atoms with Crippen molar-refractivity contribution >= 4 is 27.5 Å². The van der Waals surface area contributed by atoms with Gasteiger partial charge >= 0.3 is 0 Å². The van der Waals surface area contributed by atoms with Crippen LogP contribution in [0.2, 0.25) is 0 Å². The van der Waals surface area contributed by atoms with E-state index in [2.05, 4.69) is 5.32 Å². The van der Waals surface area contributed by atoms with Gasteiger partial charge in [0.15, 0.2) is 0 Å². The Balaban J connectivity index is 2.38. The average Bonchev–Trinajstić information content (AvgIpc) is 2.83. The Hall–Kier alpha value is -3.14. The van der Waals surface area contributed by atoms with Gasteiger partial charge in [-0.3, -0.25) is 13.9 Å². The molecule has 0 spiro atoms. The van der Waals surface area contributed by atoms with Gasteiger partial charge in [0.05, 0.1) is 19.1 Å². The van der Waals surface area contributed by atoms with Crippen LogP contribution in [0.4, 0.5) is 10.1 Å². The molecule has 0 aliphatic heterocycles. The summed E-state index contributed by atoms with van der Waals surface area (Å²) in [5, 5.41) is 2.85. The highest BCUT2D eigenvalue weighted by atomic mass is 32.2. The number of nitrogens with zero attached hydrogens (tertiary/aromatic N) is 2. The molecule has 2 rings (SSSR count). The number of amides is 2. The molecular weight excluding hydrogens is 473 g/mol. The van der Waals surface area contributed by atoms with Gasteiger partial charge in [-0.05, 0) is 54.8 Å². The van der Waals surface area contributed by atoms with Crippen LogP contribution in [0.15, 0.2) is 48.5 Å². The van der Waals surface area contributed by atoms with Crippen molar-refractivity contribution in [3.8, 4) is 5.75 Å². The molecule has 0 fully saturated rings. The van der Waals surface area contributed by atoms with Crippen LogP contribution in [-0.4, -0.2) is 57.6 Å². The van der Waals surface area contributed by atoms with Gasteiger partial charge in [-0.25, -0.2) is 12.8 Å². The van der Waals surface area contributed by atoms with Gasteiger partial charge in [-0.2, -0.15) is 0 Å². The zero-order valence-corrected chi connectivity index (χ0v) is 21.5. The van der Waals surface area contributed by atoms with Crippen molar-refractivity contribution in [1.29, 1.82) is 0 Å². The Morgan fingerprint density at radius 2 is 1.69 bits per heavy atom. The second-order valence-corrected chi connectivity index (χ2v) is 10.1. The molecule has 1 atom stereocenters. The first-order valence-corrected chi connectivity index (χ1v) is 13.4. The molecule has 8 nitrogen and oxygen atoms in total. The number of carbonyl (C=O) groups excluding carboxylic acids is 2. The van der Waals surface area contributed by atoms with Crippen molar-refractivity contribution in [3.05, 3.63) is 59.9 Å². The van der Waals surface area contributed by atoms with Crippen LogP contribution in [0, 0.1) is 5.82 Å². The second-order valence-electron chi connectivity index (χ2n) is 8.18. The van der Waals surface area contributed by atoms with Crippen molar-refractivity contribution in [1.82, 2.24) is 10.2 Å². The minimum atomic E-state index is -3.82. The number of benzene rings is 2. The van der Waals surface area contributed by atoms with Crippen molar-refractivity contribution in [2.45, 2.75) is 45.7 Å². The average molecular weight is 508 g/mol. The van der Waals surface area contributed by atoms with E-state index in [4.69, 9.17) is 4.74 Å². The summed E-state index contributed by atoms with van der Waals surface area (Å²) in [6.07, 6.45) is 3.05. The summed E-state index contributed by atoms with van der Waals surface area (Å²) in [4.78, 5) is 27.9. The van der Waals surface area contributed by atoms with Crippen LogP contribution in [0.25, 0.3) is 0 Å². The fourth-order valence-electron chi connectivity index (χ4n) is 3.57. The van der Waals surface area contributed by atoms with Crippen LogP contribution < -0.4 is 14.4 Å². The summed E-state index contributed by atoms with van der Waals surface area (Å²) in [7, 11) is -2.32. The number of nitrogens with one attached hydrogen (secondary N) is 1. The van der Waals surface area contributed by atoms with Crippen LogP contribution in [0.3, 0.4) is 0 Å². The normalized spacial score (nSPS) is 12.0. The van der Waals surface area contributed by atoms with E-state index < -0.39 is 34.3 Å². The van der Waals surface area contributed by atoms with Gasteiger partial charge in [0.25, 0.3) is 0 Å². The lowest BCUT2D eigenvalue weighted by Crippen LogP contribution is -2.52. The van der Waals surface area contributed by atoms with Crippen LogP contribution in [0.5, 0.6) is 5.75 Å². The number of unbranched alkanes of at least 4 members (excludes halogenated alkanes) is 1. The Kier molecular flexibility index (Phi) is 10.5. The van der Waals surface area contributed by atoms with Gasteiger partial charge in [0.2, 0.25) is 21.8 Å². The number of hydrogen-bond acceptors (Lipinski definition) is 5. The van der Waals surface area contributed by atoms with Crippen LogP contribution in [-0.2, 0) is 26.2 Å². The molecule has 0 unspecified atom stereocenters. The molecule has 0 aliphatic rings. The van der Waals surface area contributed by atoms with E-state index in [1.807, 2.05) is 6.92 Å². The van der Waals surface area contributed by atoms with Gasteiger partial charge in [0.1, 0.15) is 24.2 Å². The summed E-state index contributed by atoms with van der Waals surface area (Å²) in [5.74, 6) is -0.736. The number of halogens is 1. The maximum absolute atomic E-state index is 13.5. The topological polar surface area (TPSA) is 96.0 Å². The van der Waals surface area contributed by atoms with Crippen LogP contribution in [0.1, 0.15) is 38.7 Å². The minimum Gasteiger partial charge on any atom is -0.497 e. The molecule has 10 heteroatoms. The van der Waals surface area contributed by atoms with E-state index in [9.17, 15) is 22.4 Å². The van der Waals surface area contributed by atoms with Crippen molar-refractivity contribution in [2.24, 2.45) is 0 Å². The molecule has 2 aromatic carbocycles. The Bertz CT molecular complexity index is 1080. The smallest absolute Gasteiger partial charge is 0.244 e. The maximum Gasteiger partial charge on any atom is 0.244 e. The summed E-state index contributed by atoms with van der Waals surface area (Å²) in [5.41, 5.74) is 0.915. The molecule has 35 heavy (non-hydrogen) atoms. The number of rotatable bonds is 13. The largest absolute Gasteiger partial charge is 0.497 e. The molecule has 2 aromatic rings. The maximum atomic E-state index is 13.5. The predicted octanol–water partition coefficient (Wildman–Crippen LogP) is 3.32. The monoisotopic (exact) mass is 507 g/mol. The molecule has 192 valence electrons. The molecule has 2 amide bonds. The molecule has 0 saturated heterocycles. The second kappa shape index (κ2) is 13.1. The SMILES string of the molecule is CCCCNC(=O)[C@@H](CC)N(Cc1ccc(F)cc1)C(=O)CN(c1ccc(OC)cc1)S(C)(=O)=O. The third-order valence-corrected chi connectivity index (χ3v) is 6.66. The van der Waals surface area contributed by atoms with Gasteiger partial charge in [-0.1, -0.05) is 32.4 Å². The van der Waals surface area contributed by atoms with E-state index in [0.717, 1.165) is 23.4 Å². The van der Waals surface area contributed by atoms with Gasteiger partial charge < -0.3 is 15.0 Å². The van der Waals surface area contributed by atoms with E-state index in [-0.39, 0.29) is 12.5 Å². The third-order valence-electron chi connectivity index (χ3n) is 5.52. The number of sulfonamides is 1. The first-order chi connectivity index (χ1) is 16.6. The van der Waals surface area contributed by atoms with Gasteiger partial charge in [0, 0.05) is 13.1 Å². The highest BCUT2D eigenvalue weighted by Gasteiger charge is 2.31. The highest BCUT2D eigenvalue weighted by molar-refractivity contribution is 7.92. The van der Waals surface area contributed by atoms with E-state index >= 15 is 0 Å². The standard InChI is InChI=1S/C25H34FN3O5S/c1-5-7-16-27-25(31)23(6-2)28(17-19-8-10-20(26)11-9-19)24(30)18-29(35(4,32)33)21-12-14-22(34-3)15-13-21/h8-15,23H,5-7,16-18H2,1-4H3,(H,27,31)/t23-/m1/s1. The molecule has 0 radical (unpaired) electrons. The zero-order chi connectivity index (χ0) is 26.0. The van der Waals surface area contributed by atoms with Gasteiger partial charge in [-0.15, -0.1) is 0 Å². The summed E-state index contributed by atoms with van der Waals surface area (Å²) in [6, 6.07) is 11.1. The molecule has 0 heterocycles. The fraction of sp³-hybridized carbons (Fsp3) is 0.440. The Morgan fingerprint density at radius 3 is 2.20 bits per heavy atom. The van der Waals surface area contributed by atoms with E-state index in [0.29, 0.717) is 30.0 Å². The first-order valence-electron chi connectivity index (χ1n) is 11.5. The lowest BCUT2D eigenvalue weighted by molar-refractivity contribution is -0.140. The van der Waals surface area contributed by atoms with Crippen molar-refractivity contribution in [3.63, 3.8) is 0 Å². The molecular formula is C25H34FN3O5S. The Labute approximate surface area is 207 Å². The first kappa shape index (κ1) is 28.1. The minimum absolute atomic E-state index is 0.0268. The molecule has 1 N–H and O–H groups in total. The number of carbonyl (C=O) groups is 2. The lowest BCUT2D eigenvalue weighted by atomic mass is 10.1. The van der Waals surface area contributed by atoms with Crippen LogP contribution >= 0.6 is 0 Å². The number of anilines is 1. The molecule has 0 saturated carbocycles. The van der Waals surface area contributed by atoms with Crippen molar-refractivity contribution in [2.75, 3.05) is 30.8 Å². The summed E-state index contributed by atoms with van der Waals surface area (Å²) >= 11 is 0. The summed E-state index contributed by atoms with van der Waals surface area (Å²) < 4.78 is 44.7. The van der Waals surface area contributed by atoms with Crippen molar-refractivity contribution < 1.29 is 27.1 Å². The fourth-order valence-corrected chi connectivity index (χ4v) is 4.42. The zero-order valence-electron chi connectivity index (χ0n) is 20.7. The highest BCUT2D eigenvalue weighted by Crippen LogP contribution is 2.22. The van der Waals surface area contributed by atoms with E-state index in [1.165, 1.54) is 36.3 Å². The number of ether oxygens (including phenoxy) is 1. The lowest BCUT2D eigenvalue weighted by Gasteiger charge is -2.33. The quantitative estimate of drug-likeness (QED) is 0.420. The Morgan fingerprint density at radius 1 is 1.06 bits per heavy atom. The third kappa shape index (κ3) is 8.24.